The number of hydrogen-bond acceptors (Lipinski definition) is 3. The summed E-state index contributed by atoms with van der Waals surface area (Å²) >= 11 is 1.74. The van der Waals surface area contributed by atoms with Crippen LogP contribution in [0.5, 0.6) is 0 Å². The maximum atomic E-state index is 12.7. The van der Waals surface area contributed by atoms with Gasteiger partial charge in [-0.1, -0.05) is 19.1 Å². The Kier molecular flexibility index (Phi) is 4.71. The van der Waals surface area contributed by atoms with E-state index in [2.05, 4.69) is 28.8 Å². The Labute approximate surface area is 135 Å². The van der Waals surface area contributed by atoms with Crippen molar-refractivity contribution in [1.82, 2.24) is 14.5 Å². The highest BCUT2D eigenvalue weighted by Gasteiger charge is 2.22. The molecule has 0 saturated carbocycles. The minimum absolute atomic E-state index is 0.219. The molecule has 2 heterocycles. The summed E-state index contributed by atoms with van der Waals surface area (Å²) in [6.45, 7) is 4.42. The van der Waals surface area contributed by atoms with Crippen LogP contribution in [0.1, 0.15) is 25.6 Å². The number of aromatic nitrogens is 2. The van der Waals surface area contributed by atoms with Gasteiger partial charge in [-0.2, -0.15) is 11.8 Å². The van der Waals surface area contributed by atoms with Gasteiger partial charge in [-0.25, -0.2) is 4.98 Å². The van der Waals surface area contributed by atoms with E-state index < -0.39 is 0 Å². The molecule has 1 aromatic heterocycles. The quantitative estimate of drug-likeness (QED) is 0.869. The highest BCUT2D eigenvalue weighted by atomic mass is 32.2. The van der Waals surface area contributed by atoms with Crippen molar-refractivity contribution in [2.75, 3.05) is 19.3 Å². The van der Waals surface area contributed by atoms with Gasteiger partial charge in [0.05, 0.1) is 16.8 Å². The smallest absolute Gasteiger partial charge is 0.242 e. The number of piperidine rings is 1. The number of benzene rings is 1. The minimum Gasteiger partial charge on any atom is -0.341 e. The standard InChI is InChI=1S/C17H23N3OS/c1-13-6-5-9-19(10-13)17(21)11-20-15-8-4-3-7-14(15)18-16(20)12-22-2/h3-4,7-8,13H,5-6,9-12H2,1-2H3. The van der Waals surface area contributed by atoms with Crippen molar-refractivity contribution in [3.8, 4) is 0 Å². The summed E-state index contributed by atoms with van der Waals surface area (Å²) in [5.74, 6) is 2.66. The molecule has 1 unspecified atom stereocenters. The first-order chi connectivity index (χ1) is 10.7. The highest BCUT2D eigenvalue weighted by Crippen LogP contribution is 2.21. The van der Waals surface area contributed by atoms with Crippen LogP contribution in [-0.2, 0) is 17.1 Å². The molecule has 0 N–H and O–H groups in total. The van der Waals surface area contributed by atoms with Gasteiger partial charge in [-0.15, -0.1) is 0 Å². The van der Waals surface area contributed by atoms with Gasteiger partial charge in [-0.3, -0.25) is 4.79 Å². The normalized spacial score (nSPS) is 18.8. The Hall–Kier alpha value is -1.49. The molecule has 0 bridgehead atoms. The van der Waals surface area contributed by atoms with E-state index in [1.165, 1.54) is 6.42 Å². The van der Waals surface area contributed by atoms with Crippen LogP contribution in [0.15, 0.2) is 24.3 Å². The lowest BCUT2D eigenvalue weighted by atomic mass is 10.0. The van der Waals surface area contributed by atoms with Crippen molar-refractivity contribution in [3.05, 3.63) is 30.1 Å². The number of carbonyl (C=O) groups excluding carboxylic acids is 1. The second-order valence-corrected chi connectivity index (χ2v) is 6.99. The minimum atomic E-state index is 0.219. The molecule has 3 rings (SSSR count). The van der Waals surface area contributed by atoms with Crippen LogP contribution in [0.3, 0.4) is 0 Å². The number of likely N-dealkylation sites (tertiary alicyclic amines) is 1. The molecule has 1 aliphatic heterocycles. The molecular formula is C17H23N3OS. The van der Waals surface area contributed by atoms with E-state index >= 15 is 0 Å². The van der Waals surface area contributed by atoms with E-state index in [0.717, 1.165) is 42.1 Å². The summed E-state index contributed by atoms with van der Waals surface area (Å²) in [5, 5.41) is 0. The number of thioether (sulfide) groups is 1. The van der Waals surface area contributed by atoms with E-state index in [-0.39, 0.29) is 5.91 Å². The van der Waals surface area contributed by atoms with Crippen molar-refractivity contribution in [3.63, 3.8) is 0 Å². The fourth-order valence-electron chi connectivity index (χ4n) is 3.19. The van der Waals surface area contributed by atoms with E-state index in [1.54, 1.807) is 11.8 Å². The molecule has 2 aromatic rings. The fraction of sp³-hybridized carbons (Fsp3) is 0.529. The second kappa shape index (κ2) is 6.73. The van der Waals surface area contributed by atoms with E-state index in [0.29, 0.717) is 12.5 Å². The molecular weight excluding hydrogens is 294 g/mol. The molecule has 1 amide bonds. The number of amides is 1. The summed E-state index contributed by atoms with van der Waals surface area (Å²) in [7, 11) is 0. The summed E-state index contributed by atoms with van der Waals surface area (Å²) in [6.07, 6.45) is 4.42. The third kappa shape index (κ3) is 3.14. The number of fused-ring (bicyclic) bond motifs is 1. The SMILES string of the molecule is CSCc1nc2ccccc2n1CC(=O)N1CCCC(C)C1. The Morgan fingerprint density at radius 3 is 3.00 bits per heavy atom. The molecule has 1 aromatic carbocycles. The average Bonchev–Trinajstić information content (AvgIpc) is 2.85. The maximum absolute atomic E-state index is 12.7. The summed E-state index contributed by atoms with van der Waals surface area (Å²) in [5.41, 5.74) is 2.04. The Balaban J connectivity index is 1.85. The molecule has 4 nitrogen and oxygen atoms in total. The van der Waals surface area contributed by atoms with E-state index in [4.69, 9.17) is 0 Å². The zero-order valence-corrected chi connectivity index (χ0v) is 14.1. The van der Waals surface area contributed by atoms with Gasteiger partial charge < -0.3 is 9.47 Å². The first kappa shape index (κ1) is 15.4. The van der Waals surface area contributed by atoms with Crippen LogP contribution in [0.25, 0.3) is 11.0 Å². The van der Waals surface area contributed by atoms with Gasteiger partial charge in [0.2, 0.25) is 5.91 Å². The van der Waals surface area contributed by atoms with E-state index in [9.17, 15) is 4.79 Å². The van der Waals surface area contributed by atoms with Gasteiger partial charge in [-0.05, 0) is 37.1 Å². The second-order valence-electron chi connectivity index (χ2n) is 6.12. The molecule has 0 spiro atoms. The fourth-order valence-corrected chi connectivity index (χ4v) is 3.67. The van der Waals surface area contributed by atoms with Crippen LogP contribution in [0.4, 0.5) is 0 Å². The van der Waals surface area contributed by atoms with Crippen molar-refractivity contribution >= 4 is 28.7 Å². The number of para-hydroxylation sites is 2. The van der Waals surface area contributed by atoms with Crippen molar-refractivity contribution in [2.45, 2.75) is 32.1 Å². The average molecular weight is 317 g/mol. The van der Waals surface area contributed by atoms with Crippen molar-refractivity contribution < 1.29 is 4.79 Å². The van der Waals surface area contributed by atoms with Gasteiger partial charge in [0.1, 0.15) is 12.4 Å². The van der Waals surface area contributed by atoms with Crippen LogP contribution in [0, 0.1) is 5.92 Å². The Morgan fingerprint density at radius 2 is 2.23 bits per heavy atom. The molecule has 1 saturated heterocycles. The first-order valence-corrected chi connectivity index (χ1v) is 9.29. The Bertz CT molecular complexity index is 667. The highest BCUT2D eigenvalue weighted by molar-refractivity contribution is 7.97. The van der Waals surface area contributed by atoms with Crippen LogP contribution in [-0.4, -0.2) is 39.7 Å². The van der Waals surface area contributed by atoms with Gasteiger partial charge in [0.25, 0.3) is 0 Å². The lowest BCUT2D eigenvalue weighted by Crippen LogP contribution is -2.41. The van der Waals surface area contributed by atoms with Gasteiger partial charge >= 0.3 is 0 Å². The zero-order valence-electron chi connectivity index (χ0n) is 13.3. The Morgan fingerprint density at radius 1 is 1.41 bits per heavy atom. The molecule has 1 atom stereocenters. The molecule has 1 fully saturated rings. The predicted molar refractivity (Wildman–Crippen MR) is 91.9 cm³/mol. The molecule has 1 aliphatic rings. The number of imidazole rings is 1. The van der Waals surface area contributed by atoms with Gasteiger partial charge in [0, 0.05) is 13.1 Å². The molecule has 0 radical (unpaired) electrons. The summed E-state index contributed by atoms with van der Waals surface area (Å²) < 4.78 is 2.09. The molecule has 118 valence electrons. The zero-order chi connectivity index (χ0) is 15.5. The molecule has 0 aliphatic carbocycles. The molecule has 22 heavy (non-hydrogen) atoms. The number of nitrogens with zero attached hydrogens (tertiary/aromatic N) is 3. The van der Waals surface area contributed by atoms with Crippen LogP contribution < -0.4 is 0 Å². The molecule has 5 heteroatoms. The summed E-state index contributed by atoms with van der Waals surface area (Å²) in [4.78, 5) is 19.4. The third-order valence-electron chi connectivity index (χ3n) is 4.31. The van der Waals surface area contributed by atoms with Crippen molar-refractivity contribution in [1.29, 1.82) is 0 Å². The number of carbonyl (C=O) groups is 1. The largest absolute Gasteiger partial charge is 0.341 e. The third-order valence-corrected chi connectivity index (χ3v) is 4.86. The first-order valence-electron chi connectivity index (χ1n) is 7.90. The lowest BCUT2D eigenvalue weighted by molar-refractivity contribution is -0.133. The lowest BCUT2D eigenvalue weighted by Gasteiger charge is -2.31. The predicted octanol–water partition coefficient (Wildman–Crippen LogP) is 3.16. The summed E-state index contributed by atoms with van der Waals surface area (Å²) in [6, 6.07) is 8.08. The number of hydrogen-bond donors (Lipinski definition) is 0. The topological polar surface area (TPSA) is 38.1 Å². The van der Waals surface area contributed by atoms with Crippen LogP contribution >= 0.6 is 11.8 Å². The van der Waals surface area contributed by atoms with Crippen molar-refractivity contribution in [2.24, 2.45) is 5.92 Å². The maximum Gasteiger partial charge on any atom is 0.242 e. The number of rotatable bonds is 4. The monoisotopic (exact) mass is 317 g/mol. The van der Waals surface area contributed by atoms with E-state index in [1.807, 2.05) is 23.1 Å². The van der Waals surface area contributed by atoms with Gasteiger partial charge in [0.15, 0.2) is 0 Å². The van der Waals surface area contributed by atoms with Crippen LogP contribution in [0.2, 0.25) is 0 Å².